The van der Waals surface area contributed by atoms with Crippen LogP contribution in [-0.2, 0) is 4.79 Å². The van der Waals surface area contributed by atoms with Crippen LogP contribution in [0.1, 0.15) is 66.8 Å². The Hall–Kier alpha value is -3.34. The van der Waals surface area contributed by atoms with Gasteiger partial charge in [-0.3, -0.25) is 9.59 Å². The maximum atomic E-state index is 12.9. The Kier molecular flexibility index (Phi) is 6.45. The molecule has 2 aliphatic heterocycles. The van der Waals surface area contributed by atoms with Crippen LogP contribution >= 0.6 is 0 Å². The van der Waals surface area contributed by atoms with E-state index in [1.807, 2.05) is 55.5 Å². The number of hydrogen-bond donors (Lipinski definition) is 2. The Morgan fingerprint density at radius 1 is 1.12 bits per heavy atom. The molecule has 0 radical (unpaired) electrons. The Balaban J connectivity index is 1.76. The molecular weight excluding hydrogens is 400 g/mol. The van der Waals surface area contributed by atoms with Crippen LogP contribution in [0.5, 0.6) is 5.75 Å². The van der Waals surface area contributed by atoms with E-state index in [9.17, 15) is 9.59 Å². The van der Waals surface area contributed by atoms with Crippen molar-refractivity contribution in [2.75, 3.05) is 6.54 Å². The number of nitrogens with one attached hydrogen (secondary N) is 2. The van der Waals surface area contributed by atoms with Gasteiger partial charge < -0.3 is 15.4 Å². The highest BCUT2D eigenvalue weighted by Crippen LogP contribution is 2.40. The summed E-state index contributed by atoms with van der Waals surface area (Å²) in [4.78, 5) is 25.0. The highest BCUT2D eigenvalue weighted by atomic mass is 16.5. The van der Waals surface area contributed by atoms with Crippen LogP contribution in [0.15, 0.2) is 54.1 Å². The van der Waals surface area contributed by atoms with Crippen molar-refractivity contribution in [2.45, 2.75) is 45.8 Å². The normalized spacial score (nSPS) is 19.2. The predicted octanol–water partition coefficient (Wildman–Crippen LogP) is 4.90. The van der Waals surface area contributed by atoms with Crippen molar-refractivity contribution in [1.82, 2.24) is 10.6 Å². The lowest BCUT2D eigenvalue weighted by atomic mass is 9.91. The van der Waals surface area contributed by atoms with Gasteiger partial charge in [0.05, 0.1) is 6.04 Å². The van der Waals surface area contributed by atoms with Gasteiger partial charge in [0.25, 0.3) is 5.91 Å². The minimum atomic E-state index is -0.296. The van der Waals surface area contributed by atoms with Gasteiger partial charge in [0.15, 0.2) is 0 Å². The molecule has 0 aliphatic carbocycles. The standard InChI is InChI=1S/C27H30N2O3/c1-4-8-25(30)28-16-19-15-22-20-11-13-23(17(2)3)29-27(31)21(20)12-14-24(22)32-26(19)18-9-6-5-7-10-18/h5-7,9-15,17,23,26H,4,8,16H2,1-3H3,(H,28,30)(H,29,31). The van der Waals surface area contributed by atoms with Crippen LogP contribution in [0.4, 0.5) is 0 Å². The van der Waals surface area contributed by atoms with E-state index in [4.69, 9.17) is 4.74 Å². The van der Waals surface area contributed by atoms with Gasteiger partial charge in [0.2, 0.25) is 5.91 Å². The van der Waals surface area contributed by atoms with Crippen molar-refractivity contribution in [1.29, 1.82) is 0 Å². The molecule has 5 nitrogen and oxygen atoms in total. The Bertz CT molecular complexity index is 1070. The van der Waals surface area contributed by atoms with E-state index in [1.165, 1.54) is 0 Å². The summed E-state index contributed by atoms with van der Waals surface area (Å²) in [5, 5.41) is 6.12. The third-order valence-electron chi connectivity index (χ3n) is 5.96. The summed E-state index contributed by atoms with van der Waals surface area (Å²) in [7, 11) is 0. The minimum absolute atomic E-state index is 0.0242. The molecule has 0 saturated carbocycles. The van der Waals surface area contributed by atoms with Crippen LogP contribution in [0.25, 0.3) is 12.2 Å². The van der Waals surface area contributed by atoms with E-state index < -0.39 is 0 Å². The Morgan fingerprint density at radius 3 is 2.62 bits per heavy atom. The fourth-order valence-corrected chi connectivity index (χ4v) is 4.15. The molecule has 2 heterocycles. The van der Waals surface area contributed by atoms with Gasteiger partial charge in [-0.05, 0) is 47.2 Å². The molecule has 32 heavy (non-hydrogen) atoms. The van der Waals surface area contributed by atoms with Gasteiger partial charge in [-0.25, -0.2) is 0 Å². The van der Waals surface area contributed by atoms with E-state index in [-0.39, 0.29) is 24.0 Å². The van der Waals surface area contributed by atoms with Crippen molar-refractivity contribution in [3.05, 3.63) is 76.4 Å². The number of benzene rings is 2. The fraction of sp³-hybridized carbons (Fsp3) is 0.333. The first-order valence-electron chi connectivity index (χ1n) is 11.3. The average molecular weight is 431 g/mol. The fourth-order valence-electron chi connectivity index (χ4n) is 4.15. The summed E-state index contributed by atoms with van der Waals surface area (Å²) in [5.74, 6) is 0.973. The zero-order valence-corrected chi connectivity index (χ0v) is 18.9. The monoisotopic (exact) mass is 430 g/mol. The molecule has 0 spiro atoms. The van der Waals surface area contributed by atoms with Crippen LogP contribution < -0.4 is 15.4 Å². The molecule has 5 heteroatoms. The summed E-state index contributed by atoms with van der Waals surface area (Å²) in [6, 6.07) is 13.7. The Labute approximate surface area is 189 Å². The van der Waals surface area contributed by atoms with Crippen LogP contribution in [0.3, 0.4) is 0 Å². The first-order valence-corrected chi connectivity index (χ1v) is 11.3. The largest absolute Gasteiger partial charge is 0.481 e. The SMILES string of the molecule is CCCC(=O)NCC1=Cc2c(ccc3c2C=CC(C(C)C)NC3=O)OC1c1ccccc1. The predicted molar refractivity (Wildman–Crippen MR) is 127 cm³/mol. The molecule has 2 atom stereocenters. The van der Waals surface area contributed by atoms with Crippen LogP contribution in [-0.4, -0.2) is 24.4 Å². The van der Waals surface area contributed by atoms with Crippen molar-refractivity contribution in [2.24, 2.45) is 5.92 Å². The highest BCUT2D eigenvalue weighted by molar-refractivity contribution is 6.01. The molecule has 166 valence electrons. The van der Waals surface area contributed by atoms with Gasteiger partial charge in [0, 0.05) is 24.1 Å². The first-order chi connectivity index (χ1) is 15.5. The lowest BCUT2D eigenvalue weighted by molar-refractivity contribution is -0.120. The molecule has 4 rings (SSSR count). The molecule has 2 N–H and O–H groups in total. The number of rotatable bonds is 6. The van der Waals surface area contributed by atoms with Crippen molar-refractivity contribution >= 4 is 24.0 Å². The number of carbonyl (C=O) groups is 2. The second kappa shape index (κ2) is 9.43. The maximum absolute atomic E-state index is 12.9. The van der Waals surface area contributed by atoms with Crippen molar-refractivity contribution < 1.29 is 14.3 Å². The van der Waals surface area contributed by atoms with Gasteiger partial charge in [-0.1, -0.05) is 63.3 Å². The van der Waals surface area contributed by atoms with E-state index in [2.05, 4.69) is 36.6 Å². The second-order valence-corrected chi connectivity index (χ2v) is 8.70. The molecule has 2 aromatic rings. The molecule has 0 fully saturated rings. The number of ether oxygens (including phenoxy) is 1. The van der Waals surface area contributed by atoms with E-state index in [1.54, 1.807) is 0 Å². The lowest BCUT2D eigenvalue weighted by Crippen LogP contribution is -2.36. The van der Waals surface area contributed by atoms with Crippen molar-refractivity contribution in [3.63, 3.8) is 0 Å². The summed E-state index contributed by atoms with van der Waals surface area (Å²) in [5.41, 5.74) is 4.35. The molecule has 0 bridgehead atoms. The van der Waals surface area contributed by atoms with Crippen molar-refractivity contribution in [3.8, 4) is 5.75 Å². The summed E-state index contributed by atoms with van der Waals surface area (Å²) in [6.45, 7) is 6.56. The summed E-state index contributed by atoms with van der Waals surface area (Å²) in [6.07, 6.45) is 7.15. The van der Waals surface area contributed by atoms with Crippen LogP contribution in [0, 0.1) is 5.92 Å². The van der Waals surface area contributed by atoms with Crippen LogP contribution in [0.2, 0.25) is 0 Å². The molecule has 2 unspecified atom stereocenters. The van der Waals surface area contributed by atoms with Gasteiger partial charge in [0.1, 0.15) is 11.9 Å². The highest BCUT2D eigenvalue weighted by Gasteiger charge is 2.29. The molecule has 0 aromatic heterocycles. The quantitative estimate of drug-likeness (QED) is 0.685. The average Bonchev–Trinajstić information content (AvgIpc) is 2.97. The van der Waals surface area contributed by atoms with E-state index in [0.29, 0.717) is 24.4 Å². The Morgan fingerprint density at radius 2 is 1.91 bits per heavy atom. The first kappa shape index (κ1) is 21.9. The minimum Gasteiger partial charge on any atom is -0.481 e. The third kappa shape index (κ3) is 4.47. The summed E-state index contributed by atoms with van der Waals surface area (Å²) >= 11 is 0. The van der Waals surface area contributed by atoms with E-state index >= 15 is 0 Å². The molecule has 2 aliphatic rings. The van der Waals surface area contributed by atoms with Gasteiger partial charge in [-0.2, -0.15) is 0 Å². The number of fused-ring (bicyclic) bond motifs is 3. The molecule has 2 amide bonds. The van der Waals surface area contributed by atoms with E-state index in [0.717, 1.165) is 34.4 Å². The summed E-state index contributed by atoms with van der Waals surface area (Å²) < 4.78 is 6.45. The number of carbonyl (C=O) groups excluding carboxylic acids is 2. The smallest absolute Gasteiger partial charge is 0.252 e. The number of amides is 2. The molecule has 0 saturated heterocycles. The third-order valence-corrected chi connectivity index (χ3v) is 5.96. The lowest BCUT2D eigenvalue weighted by Gasteiger charge is -2.29. The topological polar surface area (TPSA) is 67.4 Å². The van der Waals surface area contributed by atoms with Gasteiger partial charge in [-0.15, -0.1) is 0 Å². The number of hydrogen-bond acceptors (Lipinski definition) is 3. The maximum Gasteiger partial charge on any atom is 0.252 e. The molecular formula is C27H30N2O3. The second-order valence-electron chi connectivity index (χ2n) is 8.70. The zero-order chi connectivity index (χ0) is 22.7. The van der Waals surface area contributed by atoms with Gasteiger partial charge >= 0.3 is 0 Å². The zero-order valence-electron chi connectivity index (χ0n) is 18.9. The molecule has 2 aromatic carbocycles.